The molecule has 0 heterocycles. The largest absolute Gasteiger partial charge is 0.481 e. The van der Waals surface area contributed by atoms with Gasteiger partial charge < -0.3 is 20.1 Å². The molecule has 0 aliphatic rings. The summed E-state index contributed by atoms with van der Waals surface area (Å²) in [5.41, 5.74) is -0.501. The predicted octanol–water partition coefficient (Wildman–Crippen LogP) is 0.918. The molecule has 0 aliphatic carbocycles. The number of nitrogens with one attached hydrogen (secondary N) is 1. The standard InChI is InChI=1S/C11H22N2O4/c1-11(2,3)17-10(16)12-6-8-13(4)7-5-9(14)15/h5-8H2,1-4H3,(H,12,16)(H,14,15). The Kier molecular flexibility index (Phi) is 6.57. The number of carbonyl (C=O) groups excluding carboxylic acids is 1. The van der Waals surface area contributed by atoms with E-state index < -0.39 is 17.7 Å². The van der Waals surface area contributed by atoms with E-state index >= 15 is 0 Å². The fourth-order valence-electron chi connectivity index (χ4n) is 1.06. The number of carboxylic acid groups (broad SMARTS) is 1. The molecule has 2 N–H and O–H groups in total. The van der Waals surface area contributed by atoms with Crippen molar-refractivity contribution in [3.8, 4) is 0 Å². The van der Waals surface area contributed by atoms with Crippen molar-refractivity contribution in [1.29, 1.82) is 0 Å². The quantitative estimate of drug-likeness (QED) is 0.728. The molecule has 0 bridgehead atoms. The summed E-state index contributed by atoms with van der Waals surface area (Å²) < 4.78 is 5.06. The lowest BCUT2D eigenvalue weighted by molar-refractivity contribution is -0.137. The number of amides is 1. The van der Waals surface area contributed by atoms with E-state index in [4.69, 9.17) is 9.84 Å². The summed E-state index contributed by atoms with van der Waals surface area (Å²) in [6.07, 6.45) is -0.354. The highest BCUT2D eigenvalue weighted by Gasteiger charge is 2.15. The fraction of sp³-hybridized carbons (Fsp3) is 0.818. The summed E-state index contributed by atoms with van der Waals surface area (Å²) in [6, 6.07) is 0. The molecule has 0 aromatic carbocycles. The van der Waals surface area contributed by atoms with Crippen LogP contribution in [0.3, 0.4) is 0 Å². The van der Waals surface area contributed by atoms with Gasteiger partial charge in [0.2, 0.25) is 0 Å². The lowest BCUT2D eigenvalue weighted by Crippen LogP contribution is -2.37. The highest BCUT2D eigenvalue weighted by molar-refractivity contribution is 5.67. The maximum atomic E-state index is 11.3. The molecule has 0 aromatic heterocycles. The van der Waals surface area contributed by atoms with E-state index in [2.05, 4.69) is 5.32 Å². The van der Waals surface area contributed by atoms with Gasteiger partial charge in [-0.05, 0) is 27.8 Å². The Morgan fingerprint density at radius 3 is 2.35 bits per heavy atom. The Hall–Kier alpha value is -1.30. The summed E-state index contributed by atoms with van der Waals surface area (Å²) >= 11 is 0. The second kappa shape index (κ2) is 7.11. The molecule has 6 heteroatoms. The van der Waals surface area contributed by atoms with Gasteiger partial charge >= 0.3 is 12.1 Å². The number of rotatable bonds is 6. The summed E-state index contributed by atoms with van der Waals surface area (Å²) in [4.78, 5) is 23.4. The lowest BCUT2D eigenvalue weighted by Gasteiger charge is -2.20. The molecule has 0 fully saturated rings. The highest BCUT2D eigenvalue weighted by atomic mass is 16.6. The molecular formula is C11H22N2O4. The van der Waals surface area contributed by atoms with Gasteiger partial charge in [-0.2, -0.15) is 0 Å². The average molecular weight is 246 g/mol. The van der Waals surface area contributed by atoms with Gasteiger partial charge in [0.1, 0.15) is 5.60 Å². The highest BCUT2D eigenvalue weighted by Crippen LogP contribution is 2.06. The molecule has 0 saturated carbocycles. The molecule has 0 spiro atoms. The summed E-state index contributed by atoms with van der Waals surface area (Å²) in [5, 5.41) is 11.1. The fourth-order valence-corrected chi connectivity index (χ4v) is 1.06. The normalized spacial score (nSPS) is 11.4. The van der Waals surface area contributed by atoms with Crippen LogP contribution in [0.15, 0.2) is 0 Å². The molecular weight excluding hydrogens is 224 g/mol. The molecule has 0 unspecified atom stereocenters. The Labute approximate surface area is 102 Å². The van der Waals surface area contributed by atoms with E-state index in [9.17, 15) is 9.59 Å². The van der Waals surface area contributed by atoms with Crippen LogP contribution in [-0.2, 0) is 9.53 Å². The van der Waals surface area contributed by atoms with Crippen LogP contribution in [0, 0.1) is 0 Å². The Balaban J connectivity index is 3.62. The third-order valence-electron chi connectivity index (χ3n) is 1.87. The molecule has 1 amide bonds. The maximum Gasteiger partial charge on any atom is 0.407 e. The second-order valence-electron chi connectivity index (χ2n) is 4.88. The minimum atomic E-state index is -0.822. The van der Waals surface area contributed by atoms with Crippen LogP contribution in [0.5, 0.6) is 0 Å². The first-order chi connectivity index (χ1) is 7.70. The Morgan fingerprint density at radius 1 is 1.29 bits per heavy atom. The zero-order valence-corrected chi connectivity index (χ0v) is 10.9. The Bertz CT molecular complexity index is 261. The first-order valence-corrected chi connectivity index (χ1v) is 5.58. The van der Waals surface area contributed by atoms with E-state index in [1.807, 2.05) is 4.90 Å². The van der Waals surface area contributed by atoms with E-state index in [1.54, 1.807) is 27.8 Å². The van der Waals surface area contributed by atoms with Crippen molar-refractivity contribution in [3.63, 3.8) is 0 Å². The van der Waals surface area contributed by atoms with Crippen LogP contribution >= 0.6 is 0 Å². The number of carbonyl (C=O) groups is 2. The number of hydrogen-bond donors (Lipinski definition) is 2. The van der Waals surface area contributed by atoms with E-state index in [0.717, 1.165) is 0 Å². The zero-order valence-electron chi connectivity index (χ0n) is 10.9. The second-order valence-corrected chi connectivity index (χ2v) is 4.88. The number of hydrogen-bond acceptors (Lipinski definition) is 4. The zero-order chi connectivity index (χ0) is 13.5. The molecule has 6 nitrogen and oxygen atoms in total. The maximum absolute atomic E-state index is 11.3. The van der Waals surface area contributed by atoms with Crippen molar-refractivity contribution < 1.29 is 19.4 Å². The summed E-state index contributed by atoms with van der Waals surface area (Å²) in [6.45, 7) is 6.88. The van der Waals surface area contributed by atoms with Crippen LogP contribution in [0.2, 0.25) is 0 Å². The number of likely N-dealkylation sites (N-methyl/N-ethyl adjacent to an activating group) is 1. The van der Waals surface area contributed by atoms with Gasteiger partial charge in [0.15, 0.2) is 0 Å². The van der Waals surface area contributed by atoms with Crippen molar-refractivity contribution in [3.05, 3.63) is 0 Å². The number of alkyl carbamates (subject to hydrolysis) is 1. The first kappa shape index (κ1) is 15.7. The number of ether oxygens (including phenoxy) is 1. The summed E-state index contributed by atoms with van der Waals surface area (Å²) in [5.74, 6) is -0.822. The topological polar surface area (TPSA) is 78.9 Å². The summed E-state index contributed by atoms with van der Waals surface area (Å²) in [7, 11) is 1.81. The van der Waals surface area contributed by atoms with Crippen LogP contribution in [0.4, 0.5) is 4.79 Å². The molecule has 0 aromatic rings. The lowest BCUT2D eigenvalue weighted by atomic mass is 10.2. The third kappa shape index (κ3) is 11.0. The van der Waals surface area contributed by atoms with E-state index in [0.29, 0.717) is 19.6 Å². The molecule has 0 atom stereocenters. The van der Waals surface area contributed by atoms with Crippen molar-refractivity contribution in [2.45, 2.75) is 32.8 Å². The van der Waals surface area contributed by atoms with Crippen LogP contribution in [-0.4, -0.2) is 54.4 Å². The molecule has 17 heavy (non-hydrogen) atoms. The number of carboxylic acids is 1. The predicted molar refractivity (Wildman–Crippen MR) is 64.0 cm³/mol. The van der Waals surface area contributed by atoms with Gasteiger partial charge in [-0.1, -0.05) is 0 Å². The molecule has 0 radical (unpaired) electrons. The minimum Gasteiger partial charge on any atom is -0.481 e. The first-order valence-electron chi connectivity index (χ1n) is 5.58. The number of aliphatic carboxylic acids is 1. The molecule has 0 rings (SSSR count). The van der Waals surface area contributed by atoms with Crippen molar-refractivity contribution in [2.75, 3.05) is 26.7 Å². The average Bonchev–Trinajstić information content (AvgIpc) is 2.11. The smallest absolute Gasteiger partial charge is 0.407 e. The minimum absolute atomic E-state index is 0.100. The van der Waals surface area contributed by atoms with E-state index in [-0.39, 0.29) is 6.42 Å². The van der Waals surface area contributed by atoms with Crippen molar-refractivity contribution in [2.24, 2.45) is 0 Å². The van der Waals surface area contributed by atoms with Crippen LogP contribution < -0.4 is 5.32 Å². The van der Waals surface area contributed by atoms with E-state index in [1.165, 1.54) is 0 Å². The van der Waals surface area contributed by atoms with Gasteiger partial charge in [0.05, 0.1) is 6.42 Å². The van der Waals surface area contributed by atoms with Gasteiger partial charge in [0, 0.05) is 19.6 Å². The van der Waals surface area contributed by atoms with Gasteiger partial charge in [-0.25, -0.2) is 4.79 Å². The van der Waals surface area contributed by atoms with Gasteiger partial charge in [-0.3, -0.25) is 4.79 Å². The molecule has 0 saturated heterocycles. The van der Waals surface area contributed by atoms with Crippen LogP contribution in [0.25, 0.3) is 0 Å². The van der Waals surface area contributed by atoms with Crippen LogP contribution in [0.1, 0.15) is 27.2 Å². The SMILES string of the molecule is CN(CCNC(=O)OC(C)(C)C)CCC(=O)O. The van der Waals surface area contributed by atoms with Gasteiger partial charge in [-0.15, -0.1) is 0 Å². The van der Waals surface area contributed by atoms with Gasteiger partial charge in [0.25, 0.3) is 0 Å². The monoisotopic (exact) mass is 246 g/mol. The Morgan fingerprint density at radius 2 is 1.88 bits per heavy atom. The number of nitrogens with zero attached hydrogens (tertiary/aromatic N) is 1. The van der Waals surface area contributed by atoms with Crippen molar-refractivity contribution >= 4 is 12.1 Å². The molecule has 100 valence electrons. The molecule has 0 aliphatic heterocycles. The van der Waals surface area contributed by atoms with Crippen molar-refractivity contribution in [1.82, 2.24) is 10.2 Å². The third-order valence-corrected chi connectivity index (χ3v) is 1.87.